The average Bonchev–Trinajstić information content (AvgIpc) is 2.68. The van der Waals surface area contributed by atoms with Gasteiger partial charge < -0.3 is 0 Å². The molecule has 1 aromatic rings. The van der Waals surface area contributed by atoms with Crippen LogP contribution in [0.4, 0.5) is 0 Å². The van der Waals surface area contributed by atoms with Crippen LogP contribution in [0.5, 0.6) is 0 Å². The van der Waals surface area contributed by atoms with E-state index in [1.807, 2.05) is 11.3 Å². The van der Waals surface area contributed by atoms with Crippen molar-refractivity contribution in [3.8, 4) is 0 Å². The molecule has 0 atom stereocenters. The van der Waals surface area contributed by atoms with E-state index in [9.17, 15) is 0 Å². The van der Waals surface area contributed by atoms with Crippen LogP contribution in [0.25, 0.3) is 0 Å². The Kier molecular flexibility index (Phi) is 4.47. The average molecular weight is 242 g/mol. The van der Waals surface area contributed by atoms with E-state index in [-0.39, 0.29) is 0 Å². The first-order valence-electron chi connectivity index (χ1n) is 5.62. The summed E-state index contributed by atoms with van der Waals surface area (Å²) in [7, 11) is 0. The van der Waals surface area contributed by atoms with Crippen LogP contribution in [0.2, 0.25) is 0 Å². The highest BCUT2D eigenvalue weighted by Gasteiger charge is 2.12. The fourth-order valence-corrected chi connectivity index (χ4v) is 3.61. The van der Waals surface area contributed by atoms with E-state index in [1.165, 1.54) is 41.7 Å². The highest BCUT2D eigenvalue weighted by atomic mass is 32.2. The van der Waals surface area contributed by atoms with Crippen molar-refractivity contribution >= 4 is 23.1 Å². The summed E-state index contributed by atoms with van der Waals surface area (Å²) in [5, 5.41) is 3.53. The summed E-state index contributed by atoms with van der Waals surface area (Å²) in [6.45, 7) is 5.72. The number of hydrogen-bond donors (Lipinski definition) is 0. The Morgan fingerprint density at radius 3 is 2.93 bits per heavy atom. The minimum atomic E-state index is 1.06. The van der Waals surface area contributed by atoms with Crippen molar-refractivity contribution in [2.45, 2.75) is 26.3 Å². The third-order valence-electron chi connectivity index (χ3n) is 2.55. The molecule has 2 heterocycles. The van der Waals surface area contributed by atoms with Crippen molar-refractivity contribution in [1.82, 2.24) is 9.88 Å². The number of thioether (sulfide) groups is 1. The molecule has 15 heavy (non-hydrogen) atoms. The van der Waals surface area contributed by atoms with Gasteiger partial charge in [0.05, 0.1) is 10.7 Å². The SMILES string of the molecule is CCCc1nc(CN2CCSCC2)cs1. The van der Waals surface area contributed by atoms with Gasteiger partial charge in [-0.15, -0.1) is 11.3 Å². The third kappa shape index (κ3) is 3.47. The molecule has 0 bridgehead atoms. The molecule has 0 saturated carbocycles. The monoisotopic (exact) mass is 242 g/mol. The fourth-order valence-electron chi connectivity index (χ4n) is 1.74. The highest BCUT2D eigenvalue weighted by molar-refractivity contribution is 7.99. The quantitative estimate of drug-likeness (QED) is 0.807. The van der Waals surface area contributed by atoms with Crippen LogP contribution in [-0.2, 0) is 13.0 Å². The van der Waals surface area contributed by atoms with Gasteiger partial charge in [-0.3, -0.25) is 4.90 Å². The molecule has 0 aromatic carbocycles. The molecular formula is C11H18N2S2. The number of thiazole rings is 1. The highest BCUT2D eigenvalue weighted by Crippen LogP contribution is 2.16. The van der Waals surface area contributed by atoms with Crippen molar-refractivity contribution in [3.05, 3.63) is 16.1 Å². The van der Waals surface area contributed by atoms with Gasteiger partial charge in [0, 0.05) is 36.5 Å². The Bertz CT molecular complexity index is 293. The Hall–Kier alpha value is -0.0600. The summed E-state index contributed by atoms with van der Waals surface area (Å²) in [4.78, 5) is 7.18. The van der Waals surface area contributed by atoms with Gasteiger partial charge in [0.15, 0.2) is 0 Å². The number of aryl methyl sites for hydroxylation is 1. The largest absolute Gasteiger partial charge is 0.296 e. The summed E-state index contributed by atoms with van der Waals surface area (Å²) in [6.07, 6.45) is 2.34. The molecule has 1 aromatic heterocycles. The molecule has 1 aliphatic heterocycles. The van der Waals surface area contributed by atoms with Gasteiger partial charge in [-0.25, -0.2) is 4.98 Å². The van der Waals surface area contributed by atoms with Crippen LogP contribution in [0.15, 0.2) is 5.38 Å². The summed E-state index contributed by atoms with van der Waals surface area (Å²) >= 11 is 3.88. The lowest BCUT2D eigenvalue weighted by Gasteiger charge is -2.25. The zero-order chi connectivity index (χ0) is 10.5. The Morgan fingerprint density at radius 2 is 2.20 bits per heavy atom. The zero-order valence-corrected chi connectivity index (χ0v) is 10.9. The number of rotatable bonds is 4. The molecule has 0 spiro atoms. The fraction of sp³-hybridized carbons (Fsp3) is 0.727. The van der Waals surface area contributed by atoms with Gasteiger partial charge in [-0.05, 0) is 12.8 Å². The van der Waals surface area contributed by atoms with E-state index in [2.05, 4.69) is 33.9 Å². The second-order valence-corrected chi connectivity index (χ2v) is 6.04. The van der Waals surface area contributed by atoms with Crippen molar-refractivity contribution in [2.75, 3.05) is 24.6 Å². The lowest BCUT2D eigenvalue weighted by atomic mass is 10.3. The normalized spacial score (nSPS) is 18.2. The first-order valence-corrected chi connectivity index (χ1v) is 7.65. The second-order valence-electron chi connectivity index (χ2n) is 3.87. The van der Waals surface area contributed by atoms with Gasteiger partial charge >= 0.3 is 0 Å². The number of aromatic nitrogens is 1. The van der Waals surface area contributed by atoms with Gasteiger partial charge in [0.2, 0.25) is 0 Å². The lowest BCUT2D eigenvalue weighted by molar-refractivity contribution is 0.291. The molecular weight excluding hydrogens is 224 g/mol. The minimum Gasteiger partial charge on any atom is -0.296 e. The van der Waals surface area contributed by atoms with E-state index < -0.39 is 0 Å². The third-order valence-corrected chi connectivity index (χ3v) is 4.45. The number of hydrogen-bond acceptors (Lipinski definition) is 4. The predicted molar refractivity (Wildman–Crippen MR) is 68.7 cm³/mol. The second kappa shape index (κ2) is 5.87. The van der Waals surface area contributed by atoms with E-state index >= 15 is 0 Å². The Labute approximate surface area is 100 Å². The molecule has 1 saturated heterocycles. The van der Waals surface area contributed by atoms with Crippen molar-refractivity contribution in [2.24, 2.45) is 0 Å². The summed E-state index contributed by atoms with van der Waals surface area (Å²) in [5.74, 6) is 2.57. The zero-order valence-electron chi connectivity index (χ0n) is 9.24. The maximum atomic E-state index is 4.66. The maximum absolute atomic E-state index is 4.66. The smallest absolute Gasteiger partial charge is 0.0928 e. The predicted octanol–water partition coefficient (Wildman–Crippen LogP) is 2.64. The first-order chi connectivity index (χ1) is 7.38. The summed E-state index contributed by atoms with van der Waals surface area (Å²) < 4.78 is 0. The topological polar surface area (TPSA) is 16.1 Å². The molecule has 0 radical (unpaired) electrons. The molecule has 1 fully saturated rings. The van der Waals surface area contributed by atoms with E-state index in [0.29, 0.717) is 0 Å². The lowest BCUT2D eigenvalue weighted by Crippen LogP contribution is -2.32. The Morgan fingerprint density at radius 1 is 1.40 bits per heavy atom. The molecule has 0 aliphatic carbocycles. The molecule has 2 nitrogen and oxygen atoms in total. The molecule has 0 unspecified atom stereocenters. The molecule has 84 valence electrons. The molecule has 0 amide bonds. The van der Waals surface area contributed by atoms with Crippen molar-refractivity contribution in [1.29, 1.82) is 0 Å². The van der Waals surface area contributed by atoms with E-state index in [1.54, 1.807) is 0 Å². The molecule has 1 aliphatic rings. The van der Waals surface area contributed by atoms with Crippen LogP contribution in [0.3, 0.4) is 0 Å². The summed E-state index contributed by atoms with van der Waals surface area (Å²) in [5.41, 5.74) is 1.27. The van der Waals surface area contributed by atoms with E-state index in [0.717, 1.165) is 13.0 Å². The van der Waals surface area contributed by atoms with Crippen LogP contribution >= 0.6 is 23.1 Å². The van der Waals surface area contributed by atoms with Crippen molar-refractivity contribution in [3.63, 3.8) is 0 Å². The molecule has 4 heteroatoms. The Balaban J connectivity index is 1.86. The van der Waals surface area contributed by atoms with Gasteiger partial charge in [0.25, 0.3) is 0 Å². The first kappa shape index (κ1) is 11.4. The molecule has 2 rings (SSSR count). The standard InChI is InChI=1S/C11H18N2S2/c1-2-3-11-12-10(9-15-11)8-13-4-6-14-7-5-13/h9H,2-8H2,1H3. The maximum Gasteiger partial charge on any atom is 0.0928 e. The van der Waals surface area contributed by atoms with Gasteiger partial charge in [-0.2, -0.15) is 11.8 Å². The van der Waals surface area contributed by atoms with Gasteiger partial charge in [-0.1, -0.05) is 6.92 Å². The van der Waals surface area contributed by atoms with Crippen molar-refractivity contribution < 1.29 is 0 Å². The van der Waals surface area contributed by atoms with Crippen LogP contribution in [0.1, 0.15) is 24.0 Å². The van der Waals surface area contributed by atoms with Gasteiger partial charge in [0.1, 0.15) is 0 Å². The van der Waals surface area contributed by atoms with E-state index in [4.69, 9.17) is 0 Å². The minimum absolute atomic E-state index is 1.06. The van der Waals surface area contributed by atoms with Crippen LogP contribution < -0.4 is 0 Å². The number of nitrogens with zero attached hydrogens (tertiary/aromatic N) is 2. The van der Waals surface area contributed by atoms with Crippen LogP contribution in [-0.4, -0.2) is 34.5 Å². The summed E-state index contributed by atoms with van der Waals surface area (Å²) in [6, 6.07) is 0. The van der Waals surface area contributed by atoms with Crippen LogP contribution in [0, 0.1) is 0 Å². The molecule has 0 N–H and O–H groups in total.